The predicted molar refractivity (Wildman–Crippen MR) is 125 cm³/mol. The Labute approximate surface area is 192 Å². The van der Waals surface area contributed by atoms with Gasteiger partial charge in [-0.1, -0.05) is 38.6 Å². The van der Waals surface area contributed by atoms with E-state index in [9.17, 15) is 19.2 Å². The number of aromatic amines is 1. The van der Waals surface area contributed by atoms with Crippen LogP contribution in [0.5, 0.6) is 0 Å². The first-order valence-electron chi connectivity index (χ1n) is 11.2. The van der Waals surface area contributed by atoms with Crippen molar-refractivity contribution in [1.82, 2.24) is 26.3 Å². The molecule has 3 rings (SSSR count). The molecule has 1 saturated heterocycles. The summed E-state index contributed by atoms with van der Waals surface area (Å²) in [5.74, 6) is -1.57. The quantitative estimate of drug-likeness (QED) is 0.276. The number of nitrogens with one attached hydrogen (secondary N) is 5. The molecule has 2 heterocycles. The molecular formula is C24H31N5O4. The van der Waals surface area contributed by atoms with E-state index in [1.807, 2.05) is 38.1 Å². The van der Waals surface area contributed by atoms with Gasteiger partial charge < -0.3 is 26.3 Å². The van der Waals surface area contributed by atoms with Gasteiger partial charge in [-0.05, 0) is 43.4 Å². The van der Waals surface area contributed by atoms with Crippen molar-refractivity contribution >= 4 is 34.5 Å². The molecule has 9 heteroatoms. The Morgan fingerprint density at radius 1 is 1.18 bits per heavy atom. The highest BCUT2D eigenvalue weighted by atomic mass is 16.2. The number of hydrogen-bond donors (Lipinski definition) is 5. The number of rotatable bonds is 10. The van der Waals surface area contributed by atoms with Gasteiger partial charge in [0.2, 0.25) is 17.7 Å². The van der Waals surface area contributed by atoms with E-state index in [0.29, 0.717) is 25.1 Å². The number of fused-ring (bicyclic) bond motifs is 1. The molecule has 0 spiro atoms. The Morgan fingerprint density at radius 3 is 2.58 bits per heavy atom. The molecule has 3 atom stereocenters. The Bertz CT molecular complexity index is 1010. The third-order valence-corrected chi connectivity index (χ3v) is 5.60. The highest BCUT2D eigenvalue weighted by molar-refractivity contribution is 6.00. The van der Waals surface area contributed by atoms with Gasteiger partial charge in [-0.15, -0.1) is 0 Å². The smallest absolute Gasteiger partial charge is 0.268 e. The zero-order chi connectivity index (χ0) is 24.0. The minimum atomic E-state index is -0.815. The number of hydrogen-bond acceptors (Lipinski definition) is 4. The summed E-state index contributed by atoms with van der Waals surface area (Å²) in [4.78, 5) is 53.0. The molecule has 2 aromatic rings. The summed E-state index contributed by atoms with van der Waals surface area (Å²) in [6, 6.07) is 8.45. The number of para-hydroxylation sites is 1. The van der Waals surface area contributed by atoms with Crippen LogP contribution >= 0.6 is 0 Å². The molecule has 1 aliphatic rings. The van der Waals surface area contributed by atoms with Crippen molar-refractivity contribution in [2.24, 2.45) is 11.8 Å². The first-order chi connectivity index (χ1) is 15.8. The molecular weight excluding hydrogens is 422 g/mol. The molecule has 0 bridgehead atoms. The molecule has 0 unspecified atom stereocenters. The Hall–Kier alpha value is -3.62. The van der Waals surface area contributed by atoms with Crippen LogP contribution in [0.2, 0.25) is 0 Å². The average Bonchev–Trinajstić information content (AvgIpc) is 3.38. The van der Waals surface area contributed by atoms with Crippen LogP contribution in [0.3, 0.4) is 0 Å². The maximum atomic E-state index is 13.1. The lowest BCUT2D eigenvalue weighted by atomic mass is 10.00. The van der Waals surface area contributed by atoms with Crippen molar-refractivity contribution in [2.45, 2.75) is 45.3 Å². The number of carbonyl (C=O) groups excluding carboxylic acids is 4. The lowest BCUT2D eigenvalue weighted by Crippen LogP contribution is -2.55. The lowest BCUT2D eigenvalue weighted by molar-refractivity contribution is -0.127. The fraction of sp³-hybridized carbons (Fsp3) is 0.417. The molecule has 4 amide bonds. The maximum absolute atomic E-state index is 13.1. The van der Waals surface area contributed by atoms with Gasteiger partial charge in [-0.25, -0.2) is 0 Å². The molecule has 0 saturated carbocycles. The molecule has 1 aromatic heterocycles. The summed E-state index contributed by atoms with van der Waals surface area (Å²) in [6.45, 7) is 7.91. The summed E-state index contributed by atoms with van der Waals surface area (Å²) in [5, 5.41) is 11.9. The van der Waals surface area contributed by atoms with Crippen LogP contribution < -0.4 is 21.3 Å². The fourth-order valence-corrected chi connectivity index (χ4v) is 3.95. The van der Waals surface area contributed by atoms with Crippen molar-refractivity contribution in [2.75, 3.05) is 6.54 Å². The largest absolute Gasteiger partial charge is 0.356 e. The third-order valence-electron chi connectivity index (χ3n) is 5.60. The first-order valence-corrected chi connectivity index (χ1v) is 11.2. The average molecular weight is 454 g/mol. The molecule has 0 radical (unpaired) electrons. The summed E-state index contributed by atoms with van der Waals surface area (Å²) in [5.41, 5.74) is 1.19. The SMILES string of the molecule is C=CC(=O)N[C@H](C[C@@H]1CCNC1=O)NC(=O)[C@H](CC(C)C)NC(=O)c1cc2ccccc2[nH]1. The molecule has 5 N–H and O–H groups in total. The molecule has 1 aliphatic heterocycles. The minimum absolute atomic E-state index is 0.104. The van der Waals surface area contributed by atoms with E-state index in [1.54, 1.807) is 6.07 Å². The van der Waals surface area contributed by atoms with E-state index in [0.717, 1.165) is 17.0 Å². The van der Waals surface area contributed by atoms with E-state index in [4.69, 9.17) is 0 Å². The van der Waals surface area contributed by atoms with E-state index in [-0.39, 0.29) is 24.2 Å². The number of aromatic nitrogens is 1. The van der Waals surface area contributed by atoms with Gasteiger partial charge in [0, 0.05) is 23.4 Å². The van der Waals surface area contributed by atoms with Crippen LogP contribution in [0.15, 0.2) is 43.0 Å². The van der Waals surface area contributed by atoms with Gasteiger partial charge in [-0.2, -0.15) is 0 Å². The molecule has 9 nitrogen and oxygen atoms in total. The third kappa shape index (κ3) is 6.44. The van der Waals surface area contributed by atoms with Crippen molar-refractivity contribution in [3.05, 3.63) is 48.7 Å². The summed E-state index contributed by atoms with van der Waals surface area (Å²) in [7, 11) is 0. The molecule has 0 aliphatic carbocycles. The van der Waals surface area contributed by atoms with E-state index in [2.05, 4.69) is 32.8 Å². The zero-order valence-corrected chi connectivity index (χ0v) is 18.9. The van der Waals surface area contributed by atoms with E-state index < -0.39 is 29.9 Å². The number of benzene rings is 1. The second-order valence-electron chi connectivity index (χ2n) is 8.71. The Balaban J connectivity index is 1.72. The minimum Gasteiger partial charge on any atom is -0.356 e. The Kier molecular flexibility index (Phi) is 7.87. The zero-order valence-electron chi connectivity index (χ0n) is 18.9. The second kappa shape index (κ2) is 10.8. The molecule has 176 valence electrons. The monoisotopic (exact) mass is 453 g/mol. The summed E-state index contributed by atoms with van der Waals surface area (Å²) >= 11 is 0. The molecule has 33 heavy (non-hydrogen) atoms. The number of amides is 4. The van der Waals surface area contributed by atoms with Gasteiger partial charge in [0.25, 0.3) is 5.91 Å². The van der Waals surface area contributed by atoms with Crippen molar-refractivity contribution in [3.8, 4) is 0 Å². The van der Waals surface area contributed by atoms with Crippen LogP contribution in [0.4, 0.5) is 0 Å². The van der Waals surface area contributed by atoms with Crippen LogP contribution in [0.25, 0.3) is 10.9 Å². The number of carbonyl (C=O) groups is 4. The summed E-state index contributed by atoms with van der Waals surface area (Å²) < 4.78 is 0. The second-order valence-corrected chi connectivity index (χ2v) is 8.71. The topological polar surface area (TPSA) is 132 Å². The Morgan fingerprint density at radius 2 is 1.94 bits per heavy atom. The van der Waals surface area contributed by atoms with Gasteiger partial charge in [0.05, 0.1) is 0 Å². The van der Waals surface area contributed by atoms with Crippen molar-refractivity contribution in [1.29, 1.82) is 0 Å². The van der Waals surface area contributed by atoms with Crippen LogP contribution in [-0.4, -0.2) is 47.4 Å². The maximum Gasteiger partial charge on any atom is 0.268 e. The highest BCUT2D eigenvalue weighted by Crippen LogP contribution is 2.17. The lowest BCUT2D eigenvalue weighted by Gasteiger charge is -2.26. The molecule has 1 aromatic carbocycles. The van der Waals surface area contributed by atoms with Crippen LogP contribution in [0, 0.1) is 11.8 Å². The standard InChI is InChI=1S/C24H31N5O4/c1-4-21(30)28-20(13-16-9-10-25-22(16)31)29-24(33)18(11-14(2)3)27-23(32)19-12-15-7-5-6-8-17(15)26-19/h4-8,12,14,16,18,20,26H,1,9-11,13H2,2-3H3,(H,25,31)(H,27,32)(H,28,30)(H,29,33)/t16-,18-,20-/m0/s1. The van der Waals surface area contributed by atoms with Gasteiger partial charge in [0.15, 0.2) is 0 Å². The van der Waals surface area contributed by atoms with Gasteiger partial charge >= 0.3 is 0 Å². The number of H-pyrrole nitrogens is 1. The van der Waals surface area contributed by atoms with Crippen LogP contribution in [-0.2, 0) is 14.4 Å². The first kappa shape index (κ1) is 24.0. The predicted octanol–water partition coefficient (Wildman–Crippen LogP) is 1.58. The van der Waals surface area contributed by atoms with Gasteiger partial charge in [0.1, 0.15) is 17.9 Å². The summed E-state index contributed by atoms with van der Waals surface area (Å²) in [6.07, 6.45) is 1.63. The highest BCUT2D eigenvalue weighted by Gasteiger charge is 2.31. The van der Waals surface area contributed by atoms with E-state index in [1.165, 1.54) is 0 Å². The molecule has 1 fully saturated rings. The van der Waals surface area contributed by atoms with E-state index >= 15 is 0 Å². The van der Waals surface area contributed by atoms with Crippen molar-refractivity contribution in [3.63, 3.8) is 0 Å². The van der Waals surface area contributed by atoms with Gasteiger partial charge in [-0.3, -0.25) is 19.2 Å². The van der Waals surface area contributed by atoms with Crippen molar-refractivity contribution < 1.29 is 19.2 Å². The fourth-order valence-electron chi connectivity index (χ4n) is 3.95. The van der Waals surface area contributed by atoms with Crippen LogP contribution in [0.1, 0.15) is 43.6 Å². The normalized spacial score (nSPS) is 17.3.